The van der Waals surface area contributed by atoms with Crippen LogP contribution >= 0.6 is 0 Å². The molecule has 2 N–H and O–H groups in total. The maximum absolute atomic E-state index is 12.1. The first-order chi connectivity index (χ1) is 7.85. The Labute approximate surface area is 106 Å². The summed E-state index contributed by atoms with van der Waals surface area (Å²) in [7, 11) is 0. The van der Waals surface area contributed by atoms with E-state index >= 15 is 0 Å². The highest BCUT2D eigenvalue weighted by molar-refractivity contribution is 7.90. The first kappa shape index (κ1) is 13.2. The fourth-order valence-corrected chi connectivity index (χ4v) is 3.26. The molecule has 0 amide bonds. The molecule has 5 heteroatoms. The molecule has 17 heavy (non-hydrogen) atoms. The van der Waals surface area contributed by atoms with Gasteiger partial charge < -0.3 is 9.29 Å². The van der Waals surface area contributed by atoms with Crippen LogP contribution in [0.3, 0.4) is 0 Å². The van der Waals surface area contributed by atoms with E-state index in [1.807, 2.05) is 26.8 Å². The SMILES string of the molecule is CC1N[C@]2(CCC=CO2)[C@@H]1N[S@+]([O-])C(C)(C)C. The van der Waals surface area contributed by atoms with Crippen molar-refractivity contribution in [2.75, 3.05) is 0 Å². The Balaban J connectivity index is 2.02. The molecule has 2 rings (SSSR count). The van der Waals surface area contributed by atoms with Gasteiger partial charge in [-0.25, -0.2) is 0 Å². The number of rotatable bonds is 2. The van der Waals surface area contributed by atoms with Gasteiger partial charge in [-0.15, -0.1) is 4.72 Å². The summed E-state index contributed by atoms with van der Waals surface area (Å²) in [6.07, 6.45) is 5.69. The third-order valence-corrected chi connectivity index (χ3v) is 4.90. The van der Waals surface area contributed by atoms with Gasteiger partial charge in [-0.2, -0.15) is 0 Å². The van der Waals surface area contributed by atoms with Crippen molar-refractivity contribution in [3.8, 4) is 0 Å². The van der Waals surface area contributed by atoms with E-state index < -0.39 is 11.4 Å². The first-order valence-electron chi connectivity index (χ1n) is 6.14. The Kier molecular flexibility index (Phi) is 3.47. The second-order valence-electron chi connectivity index (χ2n) is 5.83. The Morgan fingerprint density at radius 3 is 2.71 bits per heavy atom. The highest BCUT2D eigenvalue weighted by atomic mass is 32.2. The molecular formula is C12H22N2O2S. The van der Waals surface area contributed by atoms with Gasteiger partial charge >= 0.3 is 0 Å². The lowest BCUT2D eigenvalue weighted by molar-refractivity contribution is -0.126. The maximum atomic E-state index is 12.1. The summed E-state index contributed by atoms with van der Waals surface area (Å²) in [6.45, 7) is 8.01. The summed E-state index contributed by atoms with van der Waals surface area (Å²) in [5.74, 6) is 0. The van der Waals surface area contributed by atoms with Crippen LogP contribution in [0.4, 0.5) is 0 Å². The van der Waals surface area contributed by atoms with Crippen LogP contribution in [0.25, 0.3) is 0 Å². The van der Waals surface area contributed by atoms with Crippen LogP contribution in [0.15, 0.2) is 12.3 Å². The molecule has 1 fully saturated rings. The molecule has 1 unspecified atom stereocenters. The van der Waals surface area contributed by atoms with Gasteiger partial charge in [-0.1, -0.05) is 0 Å². The van der Waals surface area contributed by atoms with E-state index in [0.29, 0.717) is 0 Å². The van der Waals surface area contributed by atoms with Gasteiger partial charge in [0.1, 0.15) is 10.8 Å². The van der Waals surface area contributed by atoms with E-state index in [-0.39, 0.29) is 22.6 Å². The Hall–Kier alpha value is -0.230. The monoisotopic (exact) mass is 258 g/mol. The van der Waals surface area contributed by atoms with Crippen molar-refractivity contribution < 1.29 is 9.29 Å². The van der Waals surface area contributed by atoms with Crippen molar-refractivity contribution in [1.82, 2.24) is 10.0 Å². The van der Waals surface area contributed by atoms with Gasteiger partial charge in [-0.05, 0) is 40.2 Å². The van der Waals surface area contributed by atoms with Gasteiger partial charge in [0.25, 0.3) is 0 Å². The smallest absolute Gasteiger partial charge is 0.181 e. The van der Waals surface area contributed by atoms with Gasteiger partial charge in [0.2, 0.25) is 0 Å². The van der Waals surface area contributed by atoms with E-state index in [1.54, 1.807) is 6.26 Å². The number of ether oxygens (including phenoxy) is 1. The van der Waals surface area contributed by atoms with Crippen molar-refractivity contribution in [1.29, 1.82) is 0 Å². The minimum absolute atomic E-state index is 0.104. The van der Waals surface area contributed by atoms with Crippen LogP contribution in [-0.2, 0) is 16.1 Å². The van der Waals surface area contributed by atoms with Gasteiger partial charge in [0.15, 0.2) is 5.72 Å². The highest BCUT2D eigenvalue weighted by Gasteiger charge is 2.56. The van der Waals surface area contributed by atoms with Crippen LogP contribution < -0.4 is 10.0 Å². The maximum Gasteiger partial charge on any atom is 0.181 e. The molecule has 4 atom stereocenters. The lowest BCUT2D eigenvalue weighted by atomic mass is 9.83. The predicted molar refractivity (Wildman–Crippen MR) is 69.6 cm³/mol. The second-order valence-corrected chi connectivity index (χ2v) is 7.83. The molecule has 4 nitrogen and oxygen atoms in total. The van der Waals surface area contributed by atoms with E-state index in [4.69, 9.17) is 4.74 Å². The Morgan fingerprint density at radius 2 is 2.24 bits per heavy atom. The fraction of sp³-hybridized carbons (Fsp3) is 0.833. The summed E-state index contributed by atoms with van der Waals surface area (Å²) in [5.41, 5.74) is -0.352. The summed E-state index contributed by atoms with van der Waals surface area (Å²) in [5, 5.41) is 3.39. The molecule has 0 aromatic carbocycles. The third-order valence-electron chi connectivity index (χ3n) is 3.32. The topological polar surface area (TPSA) is 56.3 Å². The quantitative estimate of drug-likeness (QED) is 0.736. The van der Waals surface area contributed by atoms with Crippen LogP contribution in [0.1, 0.15) is 40.5 Å². The van der Waals surface area contributed by atoms with Crippen molar-refractivity contribution in [3.05, 3.63) is 12.3 Å². The molecule has 2 aliphatic rings. The van der Waals surface area contributed by atoms with Gasteiger partial charge in [-0.3, -0.25) is 5.32 Å². The fourth-order valence-electron chi connectivity index (χ4n) is 2.28. The second kappa shape index (κ2) is 4.46. The van der Waals surface area contributed by atoms with Crippen molar-refractivity contribution >= 4 is 11.4 Å². The van der Waals surface area contributed by atoms with Crippen molar-refractivity contribution in [2.24, 2.45) is 0 Å². The molecular weight excluding hydrogens is 236 g/mol. The molecule has 98 valence electrons. The average molecular weight is 258 g/mol. The van der Waals surface area contributed by atoms with Crippen LogP contribution in [-0.4, -0.2) is 27.1 Å². The molecule has 1 spiro atoms. The molecule has 2 aliphatic heterocycles. The lowest BCUT2D eigenvalue weighted by Gasteiger charge is -2.54. The zero-order chi connectivity index (χ0) is 12.7. The first-order valence-corrected chi connectivity index (χ1v) is 7.29. The zero-order valence-corrected chi connectivity index (χ0v) is 11.8. The third kappa shape index (κ3) is 2.47. The summed E-state index contributed by atoms with van der Waals surface area (Å²) in [4.78, 5) is 0. The minimum atomic E-state index is -1.06. The standard InChI is InChI=1S/C12H22N2O2S/c1-9-10(14-17(15)11(2,3)4)12(13-9)7-5-6-8-16-12/h6,8-10,13-14H,5,7H2,1-4H3/t9?,10-,12+,17-/m1/s1. The molecule has 0 aliphatic carbocycles. The molecule has 1 saturated heterocycles. The predicted octanol–water partition coefficient (Wildman–Crippen LogP) is 1.42. The van der Waals surface area contributed by atoms with E-state index in [9.17, 15) is 4.55 Å². The average Bonchev–Trinajstić information content (AvgIpc) is 2.25. The Morgan fingerprint density at radius 1 is 1.53 bits per heavy atom. The zero-order valence-electron chi connectivity index (χ0n) is 10.9. The van der Waals surface area contributed by atoms with Crippen molar-refractivity contribution in [3.63, 3.8) is 0 Å². The normalized spacial score (nSPS) is 38.6. The van der Waals surface area contributed by atoms with E-state index in [0.717, 1.165) is 12.8 Å². The van der Waals surface area contributed by atoms with Crippen LogP contribution in [0.2, 0.25) is 0 Å². The number of allylic oxidation sites excluding steroid dienone is 1. The molecule has 0 radical (unpaired) electrons. The molecule has 0 aromatic heterocycles. The van der Waals surface area contributed by atoms with Gasteiger partial charge in [0, 0.05) is 23.8 Å². The lowest BCUT2D eigenvalue weighted by Crippen LogP contribution is -2.80. The van der Waals surface area contributed by atoms with Crippen molar-refractivity contribution in [2.45, 2.75) is 63.1 Å². The summed E-state index contributed by atoms with van der Waals surface area (Å²) in [6, 6.07) is 0.389. The molecule has 2 heterocycles. The van der Waals surface area contributed by atoms with Crippen LogP contribution in [0, 0.1) is 0 Å². The largest absolute Gasteiger partial charge is 0.598 e. The minimum Gasteiger partial charge on any atom is -0.598 e. The van der Waals surface area contributed by atoms with E-state index in [2.05, 4.69) is 17.0 Å². The molecule has 0 aromatic rings. The number of hydrogen-bond donors (Lipinski definition) is 2. The van der Waals surface area contributed by atoms with Crippen LogP contribution in [0.5, 0.6) is 0 Å². The highest BCUT2D eigenvalue weighted by Crippen LogP contribution is 2.35. The number of nitrogens with one attached hydrogen (secondary N) is 2. The van der Waals surface area contributed by atoms with Gasteiger partial charge in [0.05, 0.1) is 6.26 Å². The summed E-state index contributed by atoms with van der Waals surface area (Å²) >= 11 is -1.06. The van der Waals surface area contributed by atoms with E-state index in [1.165, 1.54) is 0 Å². The number of hydrogen-bond acceptors (Lipinski definition) is 4. The summed E-state index contributed by atoms with van der Waals surface area (Å²) < 4.78 is 20.8. The molecule has 0 saturated carbocycles. The molecule has 0 bridgehead atoms. The Bertz CT molecular complexity index is 316.